The Kier molecular flexibility index (Phi) is 3.01. The Bertz CT molecular complexity index is 640. The minimum absolute atomic E-state index is 0.102. The molecule has 0 bridgehead atoms. The van der Waals surface area contributed by atoms with Gasteiger partial charge in [-0.3, -0.25) is 4.79 Å². The van der Waals surface area contributed by atoms with Crippen LogP contribution < -0.4 is 10.6 Å². The molecule has 1 unspecified atom stereocenters. The summed E-state index contributed by atoms with van der Waals surface area (Å²) in [5, 5.41) is 5.96. The number of hydrogen-bond acceptors (Lipinski definition) is 2. The van der Waals surface area contributed by atoms with E-state index in [2.05, 4.69) is 10.6 Å². The first-order chi connectivity index (χ1) is 9.24. The van der Waals surface area contributed by atoms with E-state index in [1.807, 2.05) is 54.6 Å². The fraction of sp³-hybridized carbons (Fsp3) is 0.0667. The molecule has 2 N–H and O–H groups in total. The van der Waals surface area contributed by atoms with Gasteiger partial charge in [-0.25, -0.2) is 0 Å². The summed E-state index contributed by atoms with van der Waals surface area (Å²) in [4.78, 5) is 11.8. The van der Waals surface area contributed by atoms with Gasteiger partial charge in [-0.15, -0.1) is 0 Å². The van der Waals surface area contributed by atoms with Crippen molar-refractivity contribution in [2.24, 2.45) is 0 Å². The molecule has 0 saturated carbocycles. The number of carbonyl (C=O) groups is 1. The summed E-state index contributed by atoms with van der Waals surface area (Å²) >= 11 is 4.96. The van der Waals surface area contributed by atoms with Crippen LogP contribution in [-0.2, 0) is 4.79 Å². The lowest BCUT2D eigenvalue weighted by Crippen LogP contribution is -2.21. The Balaban J connectivity index is 1.97. The lowest BCUT2D eigenvalue weighted by atomic mass is 9.99. The van der Waals surface area contributed by atoms with Gasteiger partial charge in [0.05, 0.1) is 0 Å². The average Bonchev–Trinajstić information content (AvgIpc) is 2.79. The molecular weight excluding hydrogens is 256 g/mol. The van der Waals surface area contributed by atoms with Crippen molar-refractivity contribution in [2.45, 2.75) is 6.04 Å². The third-order valence-corrected chi connectivity index (χ3v) is 3.32. The zero-order valence-electron chi connectivity index (χ0n) is 10.1. The van der Waals surface area contributed by atoms with Gasteiger partial charge in [0.25, 0.3) is 5.91 Å². The van der Waals surface area contributed by atoms with Crippen molar-refractivity contribution in [3.8, 4) is 11.1 Å². The van der Waals surface area contributed by atoms with Crippen LogP contribution in [0.4, 0.5) is 0 Å². The molecule has 1 atom stereocenters. The Morgan fingerprint density at radius 1 is 0.947 bits per heavy atom. The fourth-order valence-corrected chi connectivity index (χ4v) is 2.40. The number of rotatable bonds is 2. The molecule has 1 aliphatic rings. The number of nitrogens with one attached hydrogen (secondary N) is 2. The Labute approximate surface area is 116 Å². The molecule has 0 aromatic heterocycles. The van der Waals surface area contributed by atoms with Gasteiger partial charge in [0, 0.05) is 0 Å². The maximum absolute atomic E-state index is 11.8. The molecule has 1 aliphatic heterocycles. The van der Waals surface area contributed by atoms with Crippen LogP contribution in [0, 0.1) is 0 Å². The third-order valence-electron chi connectivity index (χ3n) is 3.10. The van der Waals surface area contributed by atoms with E-state index in [0.29, 0.717) is 5.11 Å². The molecule has 0 spiro atoms. The van der Waals surface area contributed by atoms with Crippen LogP contribution in [0.2, 0.25) is 0 Å². The van der Waals surface area contributed by atoms with Crippen molar-refractivity contribution in [2.75, 3.05) is 0 Å². The molecule has 3 nitrogen and oxygen atoms in total. The fourth-order valence-electron chi connectivity index (χ4n) is 2.18. The third kappa shape index (κ3) is 2.35. The topological polar surface area (TPSA) is 41.1 Å². The largest absolute Gasteiger partial charge is 0.347 e. The molecule has 3 rings (SSSR count). The van der Waals surface area contributed by atoms with Crippen molar-refractivity contribution in [1.82, 2.24) is 10.6 Å². The van der Waals surface area contributed by atoms with E-state index in [-0.39, 0.29) is 5.91 Å². The SMILES string of the molecule is O=C1NC(=S)NC1c1cccc(-c2ccccc2)c1. The van der Waals surface area contributed by atoms with E-state index in [9.17, 15) is 4.79 Å². The Hall–Kier alpha value is -2.20. The van der Waals surface area contributed by atoms with Gasteiger partial charge in [0.1, 0.15) is 6.04 Å². The zero-order chi connectivity index (χ0) is 13.2. The first kappa shape index (κ1) is 11.9. The Morgan fingerprint density at radius 3 is 2.37 bits per heavy atom. The smallest absolute Gasteiger partial charge is 0.253 e. The van der Waals surface area contributed by atoms with Gasteiger partial charge in [0.2, 0.25) is 0 Å². The van der Waals surface area contributed by atoms with Crippen molar-refractivity contribution in [3.63, 3.8) is 0 Å². The van der Waals surface area contributed by atoms with Crippen molar-refractivity contribution in [1.29, 1.82) is 0 Å². The van der Waals surface area contributed by atoms with Gasteiger partial charge in [0.15, 0.2) is 5.11 Å². The summed E-state index contributed by atoms with van der Waals surface area (Å²) in [6, 6.07) is 17.6. The average molecular weight is 268 g/mol. The second kappa shape index (κ2) is 4.82. The number of carbonyl (C=O) groups excluding carboxylic acids is 1. The molecule has 19 heavy (non-hydrogen) atoms. The summed E-state index contributed by atoms with van der Waals surface area (Å²) in [5.41, 5.74) is 3.13. The normalized spacial score (nSPS) is 18.0. The molecule has 1 saturated heterocycles. The summed E-state index contributed by atoms with van der Waals surface area (Å²) in [5.74, 6) is -0.102. The summed E-state index contributed by atoms with van der Waals surface area (Å²) in [7, 11) is 0. The summed E-state index contributed by atoms with van der Waals surface area (Å²) in [6.07, 6.45) is 0. The van der Waals surface area contributed by atoms with E-state index in [1.54, 1.807) is 0 Å². The van der Waals surface area contributed by atoms with Gasteiger partial charge >= 0.3 is 0 Å². The summed E-state index contributed by atoms with van der Waals surface area (Å²) in [6.45, 7) is 0. The van der Waals surface area contributed by atoms with Crippen molar-refractivity contribution >= 4 is 23.2 Å². The van der Waals surface area contributed by atoms with Gasteiger partial charge in [-0.05, 0) is 35.0 Å². The number of hydrogen-bond donors (Lipinski definition) is 2. The standard InChI is InChI=1S/C15H12N2OS/c18-14-13(16-15(19)17-14)12-8-4-7-11(9-12)10-5-2-1-3-6-10/h1-9,13H,(H2,16,17,18,19). The lowest BCUT2D eigenvalue weighted by molar-refractivity contribution is -0.120. The molecule has 0 aliphatic carbocycles. The van der Waals surface area contributed by atoms with E-state index in [4.69, 9.17) is 12.2 Å². The highest BCUT2D eigenvalue weighted by molar-refractivity contribution is 7.80. The molecule has 1 heterocycles. The second-order valence-electron chi connectivity index (χ2n) is 4.39. The van der Waals surface area contributed by atoms with E-state index in [0.717, 1.165) is 16.7 Å². The molecule has 2 aromatic carbocycles. The second-order valence-corrected chi connectivity index (χ2v) is 4.80. The molecule has 1 amide bonds. The van der Waals surface area contributed by atoms with Gasteiger partial charge in [-0.2, -0.15) is 0 Å². The number of benzene rings is 2. The molecule has 94 valence electrons. The van der Waals surface area contributed by atoms with Crippen LogP contribution in [-0.4, -0.2) is 11.0 Å². The molecule has 4 heteroatoms. The number of amides is 1. The molecular formula is C15H12N2OS. The van der Waals surface area contributed by atoms with Crippen molar-refractivity contribution < 1.29 is 4.79 Å². The van der Waals surface area contributed by atoms with Crippen LogP contribution in [0.25, 0.3) is 11.1 Å². The van der Waals surface area contributed by atoms with Gasteiger partial charge in [-0.1, -0.05) is 48.5 Å². The van der Waals surface area contributed by atoms with E-state index in [1.165, 1.54) is 0 Å². The van der Waals surface area contributed by atoms with Crippen LogP contribution in [0.5, 0.6) is 0 Å². The zero-order valence-corrected chi connectivity index (χ0v) is 10.9. The quantitative estimate of drug-likeness (QED) is 0.822. The highest BCUT2D eigenvalue weighted by atomic mass is 32.1. The first-order valence-electron chi connectivity index (χ1n) is 6.01. The first-order valence-corrected chi connectivity index (χ1v) is 6.41. The molecule has 0 radical (unpaired) electrons. The van der Waals surface area contributed by atoms with Crippen molar-refractivity contribution in [3.05, 3.63) is 60.2 Å². The van der Waals surface area contributed by atoms with Gasteiger partial charge < -0.3 is 10.6 Å². The predicted molar refractivity (Wildman–Crippen MR) is 78.5 cm³/mol. The monoisotopic (exact) mass is 268 g/mol. The maximum Gasteiger partial charge on any atom is 0.253 e. The molecule has 2 aromatic rings. The van der Waals surface area contributed by atoms with Crippen LogP contribution >= 0.6 is 12.2 Å². The minimum atomic E-state index is -0.392. The highest BCUT2D eigenvalue weighted by Crippen LogP contribution is 2.24. The Morgan fingerprint density at radius 2 is 1.68 bits per heavy atom. The van der Waals surface area contributed by atoms with E-state index < -0.39 is 6.04 Å². The van der Waals surface area contributed by atoms with Crippen LogP contribution in [0.15, 0.2) is 54.6 Å². The summed E-state index contributed by atoms with van der Waals surface area (Å²) < 4.78 is 0. The van der Waals surface area contributed by atoms with Crippen LogP contribution in [0.1, 0.15) is 11.6 Å². The maximum atomic E-state index is 11.8. The van der Waals surface area contributed by atoms with Crippen LogP contribution in [0.3, 0.4) is 0 Å². The van der Waals surface area contributed by atoms with E-state index >= 15 is 0 Å². The molecule has 1 fully saturated rings. The highest BCUT2D eigenvalue weighted by Gasteiger charge is 2.28. The number of thiocarbonyl (C=S) groups is 1. The lowest BCUT2D eigenvalue weighted by Gasteiger charge is -2.10. The minimum Gasteiger partial charge on any atom is -0.347 e. The predicted octanol–water partition coefficient (Wildman–Crippen LogP) is 2.40.